The average Bonchev–Trinajstić information content (AvgIpc) is 2.97. The van der Waals surface area contributed by atoms with Gasteiger partial charge >= 0.3 is 11.9 Å². The second-order valence-electron chi connectivity index (χ2n) is 5.15. The van der Waals surface area contributed by atoms with Gasteiger partial charge in [0.1, 0.15) is 6.04 Å². The Morgan fingerprint density at radius 3 is 2.45 bits per heavy atom. The Morgan fingerprint density at radius 2 is 1.86 bits per heavy atom. The number of carbonyl (C=O) groups excluding carboxylic acids is 1. The summed E-state index contributed by atoms with van der Waals surface area (Å²) >= 11 is 0. The molecule has 0 bridgehead atoms. The normalized spacial score (nSPS) is 18.3. The molecule has 6 nitrogen and oxygen atoms in total. The van der Waals surface area contributed by atoms with Crippen molar-refractivity contribution < 1.29 is 24.6 Å². The highest BCUT2D eigenvalue weighted by Gasteiger charge is 2.34. The molecule has 1 aliphatic rings. The number of amides is 1. The minimum Gasteiger partial charge on any atom is -0.480 e. The van der Waals surface area contributed by atoms with Gasteiger partial charge in [-0.2, -0.15) is 0 Å². The molecule has 1 aromatic carbocycles. The van der Waals surface area contributed by atoms with E-state index in [0.29, 0.717) is 24.9 Å². The van der Waals surface area contributed by atoms with Crippen molar-refractivity contribution in [2.24, 2.45) is 0 Å². The molecule has 0 unspecified atom stereocenters. The molecular formula is C16H17NO5. The van der Waals surface area contributed by atoms with E-state index in [0.717, 1.165) is 0 Å². The van der Waals surface area contributed by atoms with E-state index in [4.69, 9.17) is 5.11 Å². The standard InChI is InChI=1S/C16H17NO5/c18-14(17-8-4-7-13(17)16(21)22)10-12(15(19)20)9-11-5-2-1-3-6-11/h1-3,5-6,9,13H,4,7-8,10H2,(H,19,20)(H,21,22)/t13-/m0/s1. The Hall–Kier alpha value is -2.63. The van der Waals surface area contributed by atoms with Crippen LogP contribution in [0, 0.1) is 0 Å². The molecule has 1 heterocycles. The van der Waals surface area contributed by atoms with Gasteiger partial charge in [-0.25, -0.2) is 9.59 Å². The van der Waals surface area contributed by atoms with Gasteiger partial charge in [0.2, 0.25) is 5.91 Å². The van der Waals surface area contributed by atoms with E-state index in [1.54, 1.807) is 24.3 Å². The van der Waals surface area contributed by atoms with Crippen LogP contribution in [0.2, 0.25) is 0 Å². The first-order valence-electron chi connectivity index (χ1n) is 7.00. The summed E-state index contributed by atoms with van der Waals surface area (Å²) in [5, 5.41) is 18.3. The van der Waals surface area contributed by atoms with E-state index >= 15 is 0 Å². The van der Waals surface area contributed by atoms with E-state index in [9.17, 15) is 19.5 Å². The number of aliphatic carboxylic acids is 2. The SMILES string of the molecule is O=C(O)C(=Cc1ccccc1)CC(=O)N1CCC[C@H]1C(=O)O. The molecule has 2 N–H and O–H groups in total. The van der Waals surface area contributed by atoms with Crippen molar-refractivity contribution in [3.8, 4) is 0 Å². The maximum absolute atomic E-state index is 12.2. The summed E-state index contributed by atoms with van der Waals surface area (Å²) in [5.74, 6) is -2.69. The second-order valence-corrected chi connectivity index (χ2v) is 5.15. The number of likely N-dealkylation sites (tertiary alicyclic amines) is 1. The molecule has 0 radical (unpaired) electrons. The molecule has 0 saturated carbocycles. The predicted octanol–water partition coefficient (Wildman–Crippen LogP) is 1.62. The highest BCUT2D eigenvalue weighted by Crippen LogP contribution is 2.20. The van der Waals surface area contributed by atoms with Crippen LogP contribution in [0.5, 0.6) is 0 Å². The summed E-state index contributed by atoms with van der Waals surface area (Å²) < 4.78 is 0. The molecule has 1 fully saturated rings. The first-order chi connectivity index (χ1) is 10.5. The lowest BCUT2D eigenvalue weighted by molar-refractivity contribution is -0.148. The first-order valence-corrected chi connectivity index (χ1v) is 7.00. The third kappa shape index (κ3) is 3.72. The van der Waals surface area contributed by atoms with E-state index in [-0.39, 0.29) is 12.0 Å². The van der Waals surface area contributed by atoms with Gasteiger partial charge in [0.25, 0.3) is 0 Å². The Kier molecular flexibility index (Phi) is 4.93. The minimum atomic E-state index is -1.18. The first kappa shape index (κ1) is 15.8. The summed E-state index contributed by atoms with van der Waals surface area (Å²) in [6.07, 6.45) is 2.15. The lowest BCUT2D eigenvalue weighted by atomic mass is 10.1. The van der Waals surface area contributed by atoms with Gasteiger partial charge in [-0.05, 0) is 24.5 Å². The fraction of sp³-hybridized carbons (Fsp3) is 0.312. The lowest BCUT2D eigenvalue weighted by Crippen LogP contribution is -2.40. The number of hydrogen-bond acceptors (Lipinski definition) is 3. The van der Waals surface area contributed by atoms with E-state index < -0.39 is 23.9 Å². The number of carboxylic acid groups (broad SMARTS) is 2. The summed E-state index contributed by atoms with van der Waals surface area (Å²) in [6, 6.07) is 7.98. The van der Waals surface area contributed by atoms with Crippen molar-refractivity contribution in [2.45, 2.75) is 25.3 Å². The maximum atomic E-state index is 12.2. The van der Waals surface area contributed by atoms with Crippen LogP contribution in [0.25, 0.3) is 6.08 Å². The molecule has 1 aliphatic heterocycles. The molecular weight excluding hydrogens is 286 g/mol. The number of benzene rings is 1. The van der Waals surface area contributed by atoms with Crippen molar-refractivity contribution in [3.63, 3.8) is 0 Å². The maximum Gasteiger partial charge on any atom is 0.332 e. The van der Waals surface area contributed by atoms with Crippen molar-refractivity contribution in [1.29, 1.82) is 0 Å². The summed E-state index contributed by atoms with van der Waals surface area (Å²) in [6.45, 7) is 0.355. The molecule has 1 atom stereocenters. The Morgan fingerprint density at radius 1 is 1.18 bits per heavy atom. The molecule has 0 aromatic heterocycles. The monoisotopic (exact) mass is 303 g/mol. The van der Waals surface area contributed by atoms with Crippen LogP contribution in [0.1, 0.15) is 24.8 Å². The van der Waals surface area contributed by atoms with Crippen LogP contribution in [0.3, 0.4) is 0 Å². The lowest BCUT2D eigenvalue weighted by Gasteiger charge is -2.21. The number of carbonyl (C=O) groups is 3. The van der Waals surface area contributed by atoms with Gasteiger partial charge in [-0.3, -0.25) is 4.79 Å². The fourth-order valence-electron chi connectivity index (χ4n) is 2.53. The van der Waals surface area contributed by atoms with Crippen molar-refractivity contribution >= 4 is 23.9 Å². The minimum absolute atomic E-state index is 0.0489. The molecule has 22 heavy (non-hydrogen) atoms. The van der Waals surface area contributed by atoms with Crippen molar-refractivity contribution in [2.75, 3.05) is 6.54 Å². The zero-order valence-corrected chi connectivity index (χ0v) is 11.9. The van der Waals surface area contributed by atoms with Gasteiger partial charge < -0.3 is 15.1 Å². The van der Waals surface area contributed by atoms with Gasteiger partial charge in [-0.1, -0.05) is 30.3 Å². The summed E-state index contributed by atoms with van der Waals surface area (Å²) in [7, 11) is 0. The highest BCUT2D eigenvalue weighted by molar-refractivity contribution is 5.99. The molecule has 6 heteroatoms. The van der Waals surface area contributed by atoms with Crippen LogP contribution in [-0.4, -0.2) is 45.5 Å². The van der Waals surface area contributed by atoms with Gasteiger partial charge in [-0.15, -0.1) is 0 Å². The Bertz CT molecular complexity index is 608. The van der Waals surface area contributed by atoms with Crippen LogP contribution < -0.4 is 0 Å². The van der Waals surface area contributed by atoms with E-state index in [1.165, 1.54) is 11.0 Å². The van der Waals surface area contributed by atoms with E-state index in [2.05, 4.69) is 0 Å². The average molecular weight is 303 g/mol. The van der Waals surface area contributed by atoms with Crippen LogP contribution >= 0.6 is 0 Å². The topological polar surface area (TPSA) is 94.9 Å². The molecule has 1 saturated heterocycles. The zero-order valence-electron chi connectivity index (χ0n) is 11.9. The molecule has 1 amide bonds. The molecule has 0 spiro atoms. The molecule has 0 aliphatic carbocycles. The third-order valence-electron chi connectivity index (χ3n) is 3.62. The molecule has 1 aromatic rings. The Labute approximate surface area is 127 Å². The second kappa shape index (κ2) is 6.89. The summed E-state index contributed by atoms with van der Waals surface area (Å²) in [4.78, 5) is 35.9. The van der Waals surface area contributed by atoms with Gasteiger partial charge in [0.05, 0.1) is 6.42 Å². The largest absolute Gasteiger partial charge is 0.480 e. The van der Waals surface area contributed by atoms with E-state index in [1.807, 2.05) is 6.07 Å². The number of nitrogens with zero attached hydrogens (tertiary/aromatic N) is 1. The Balaban J connectivity index is 2.15. The third-order valence-corrected chi connectivity index (χ3v) is 3.62. The van der Waals surface area contributed by atoms with Crippen LogP contribution in [0.4, 0.5) is 0 Å². The molecule has 116 valence electrons. The summed E-state index contributed by atoms with van der Waals surface area (Å²) in [5.41, 5.74) is 0.635. The van der Waals surface area contributed by atoms with Gasteiger partial charge in [0.15, 0.2) is 0 Å². The van der Waals surface area contributed by atoms with Crippen LogP contribution in [0.15, 0.2) is 35.9 Å². The smallest absolute Gasteiger partial charge is 0.332 e. The zero-order chi connectivity index (χ0) is 16.1. The molecule has 2 rings (SSSR count). The number of carboxylic acids is 2. The quantitative estimate of drug-likeness (QED) is 0.806. The van der Waals surface area contributed by atoms with Crippen LogP contribution in [-0.2, 0) is 14.4 Å². The fourth-order valence-corrected chi connectivity index (χ4v) is 2.53. The highest BCUT2D eigenvalue weighted by atomic mass is 16.4. The number of hydrogen-bond donors (Lipinski definition) is 2. The predicted molar refractivity (Wildman–Crippen MR) is 79.0 cm³/mol. The number of rotatable bonds is 5. The van der Waals surface area contributed by atoms with Crippen molar-refractivity contribution in [1.82, 2.24) is 4.90 Å². The van der Waals surface area contributed by atoms with Crippen molar-refractivity contribution in [3.05, 3.63) is 41.5 Å². The van der Waals surface area contributed by atoms with Gasteiger partial charge in [0, 0.05) is 12.1 Å².